The highest BCUT2D eigenvalue weighted by Crippen LogP contribution is 2.16. The summed E-state index contributed by atoms with van der Waals surface area (Å²) in [5, 5.41) is 0. The molecule has 0 aromatic rings. The number of hydrogen-bond acceptors (Lipinski definition) is 6. The molecule has 6 nitrogen and oxygen atoms in total. The topological polar surface area (TPSA) is 78.9 Å². The molecule has 0 heterocycles. The van der Waals surface area contributed by atoms with E-state index in [1.54, 1.807) is 0 Å². The minimum Gasteiger partial charge on any atom is -0.462 e. The maximum absolute atomic E-state index is 12.9. The van der Waals surface area contributed by atoms with E-state index in [4.69, 9.17) is 14.2 Å². The Balaban J connectivity index is 4.47. The van der Waals surface area contributed by atoms with Crippen LogP contribution >= 0.6 is 0 Å². The largest absolute Gasteiger partial charge is 0.462 e. The average Bonchev–Trinajstić information content (AvgIpc) is 3.38. The van der Waals surface area contributed by atoms with Crippen LogP contribution in [0.15, 0.2) is 85.1 Å². The molecule has 0 saturated carbocycles. The van der Waals surface area contributed by atoms with E-state index in [0.717, 1.165) is 83.5 Å². The van der Waals surface area contributed by atoms with Gasteiger partial charge in [0.25, 0.3) is 0 Å². The van der Waals surface area contributed by atoms with Crippen LogP contribution in [-0.2, 0) is 28.6 Å². The molecule has 0 aliphatic carbocycles. The maximum Gasteiger partial charge on any atom is 0.306 e. The fourth-order valence-electron chi connectivity index (χ4n) is 8.58. The van der Waals surface area contributed by atoms with E-state index >= 15 is 0 Å². The third-order valence-corrected chi connectivity index (χ3v) is 13.1. The van der Waals surface area contributed by atoms with Crippen molar-refractivity contribution in [2.75, 3.05) is 13.2 Å². The van der Waals surface area contributed by atoms with Gasteiger partial charge in [-0.15, -0.1) is 0 Å². The second-order valence-corrected chi connectivity index (χ2v) is 20.2. The summed E-state index contributed by atoms with van der Waals surface area (Å²) >= 11 is 0. The van der Waals surface area contributed by atoms with Crippen LogP contribution in [0.5, 0.6) is 0 Å². The Morgan fingerprint density at radius 3 is 0.931 bits per heavy atom. The van der Waals surface area contributed by atoms with Gasteiger partial charge in [-0.1, -0.05) is 279 Å². The highest BCUT2D eigenvalue weighted by molar-refractivity contribution is 5.71. The summed E-state index contributed by atoms with van der Waals surface area (Å²) in [6.45, 7) is 6.48. The van der Waals surface area contributed by atoms with Gasteiger partial charge in [-0.25, -0.2) is 0 Å². The van der Waals surface area contributed by atoms with Crippen molar-refractivity contribution in [2.24, 2.45) is 0 Å². The van der Waals surface area contributed by atoms with Crippen molar-refractivity contribution in [3.8, 4) is 0 Å². The zero-order valence-corrected chi connectivity index (χ0v) is 47.4. The highest BCUT2D eigenvalue weighted by Gasteiger charge is 2.19. The third kappa shape index (κ3) is 57.5. The molecule has 0 aliphatic heterocycles. The van der Waals surface area contributed by atoms with Crippen LogP contribution in [0.3, 0.4) is 0 Å². The lowest BCUT2D eigenvalue weighted by molar-refractivity contribution is -0.166. The zero-order chi connectivity index (χ0) is 52.2. The van der Waals surface area contributed by atoms with Gasteiger partial charge in [0.2, 0.25) is 0 Å². The Bertz CT molecular complexity index is 1380. The van der Waals surface area contributed by atoms with E-state index < -0.39 is 6.10 Å². The molecule has 6 heteroatoms. The molecule has 0 aromatic carbocycles. The van der Waals surface area contributed by atoms with E-state index in [1.807, 2.05) is 6.08 Å². The average molecular weight is 1000 g/mol. The lowest BCUT2D eigenvalue weighted by Crippen LogP contribution is -2.30. The normalized spacial score (nSPS) is 12.7. The first-order valence-corrected chi connectivity index (χ1v) is 30.6. The van der Waals surface area contributed by atoms with Crippen LogP contribution in [-0.4, -0.2) is 37.2 Å². The molecule has 0 radical (unpaired) electrons. The van der Waals surface area contributed by atoms with Gasteiger partial charge in [0.1, 0.15) is 13.2 Å². The molecule has 0 rings (SSSR count). The van der Waals surface area contributed by atoms with Crippen molar-refractivity contribution >= 4 is 17.9 Å². The van der Waals surface area contributed by atoms with E-state index in [9.17, 15) is 14.4 Å². The molecule has 0 saturated heterocycles. The molecule has 1 atom stereocenters. The molecule has 0 aliphatic rings. The monoisotopic (exact) mass is 1000 g/mol. The molecule has 0 N–H and O–H groups in total. The second kappa shape index (κ2) is 60.1. The number of rotatable bonds is 55. The lowest BCUT2D eigenvalue weighted by atomic mass is 10.0. The maximum atomic E-state index is 12.9. The number of ether oxygens (including phenoxy) is 3. The Morgan fingerprint density at radius 1 is 0.292 bits per heavy atom. The van der Waals surface area contributed by atoms with Gasteiger partial charge in [-0.2, -0.15) is 0 Å². The van der Waals surface area contributed by atoms with Gasteiger partial charge in [-0.3, -0.25) is 14.4 Å². The van der Waals surface area contributed by atoms with Crippen molar-refractivity contribution in [2.45, 2.75) is 303 Å². The molecule has 1 unspecified atom stereocenters. The van der Waals surface area contributed by atoms with Gasteiger partial charge < -0.3 is 14.2 Å². The second-order valence-electron chi connectivity index (χ2n) is 20.2. The summed E-state index contributed by atoms with van der Waals surface area (Å²) in [6, 6.07) is 0. The smallest absolute Gasteiger partial charge is 0.306 e. The number of allylic oxidation sites excluding steroid dienone is 14. The summed E-state index contributed by atoms with van der Waals surface area (Å²) in [6.07, 6.45) is 78.8. The van der Waals surface area contributed by atoms with Gasteiger partial charge in [0.15, 0.2) is 6.10 Å². The summed E-state index contributed by atoms with van der Waals surface area (Å²) in [7, 11) is 0. The molecule has 0 amide bonds. The fourth-order valence-corrected chi connectivity index (χ4v) is 8.58. The lowest BCUT2D eigenvalue weighted by Gasteiger charge is -2.18. The summed E-state index contributed by atoms with van der Waals surface area (Å²) in [5.41, 5.74) is 0. The third-order valence-electron chi connectivity index (χ3n) is 13.1. The van der Waals surface area contributed by atoms with Crippen molar-refractivity contribution in [3.05, 3.63) is 85.1 Å². The van der Waals surface area contributed by atoms with Gasteiger partial charge >= 0.3 is 17.9 Å². The molecule has 0 fully saturated rings. The molecule has 0 bridgehead atoms. The van der Waals surface area contributed by atoms with Crippen LogP contribution in [0.2, 0.25) is 0 Å². The molecule has 0 aromatic heterocycles. The Labute approximate surface area is 445 Å². The predicted molar refractivity (Wildman–Crippen MR) is 311 cm³/mol. The summed E-state index contributed by atoms with van der Waals surface area (Å²) in [4.78, 5) is 38.2. The molecule has 72 heavy (non-hydrogen) atoms. The number of esters is 3. The highest BCUT2D eigenvalue weighted by atomic mass is 16.6. The summed E-state index contributed by atoms with van der Waals surface area (Å²) in [5.74, 6) is -0.985. The number of carbonyl (C=O) groups excluding carboxylic acids is 3. The van der Waals surface area contributed by atoms with Crippen LogP contribution in [0, 0.1) is 0 Å². The first-order valence-electron chi connectivity index (χ1n) is 30.6. The van der Waals surface area contributed by atoms with Crippen LogP contribution in [0.4, 0.5) is 0 Å². The van der Waals surface area contributed by atoms with Gasteiger partial charge in [0, 0.05) is 19.3 Å². The van der Waals surface area contributed by atoms with E-state index in [2.05, 4.69) is 99.8 Å². The molecular formula is C66H114O6. The number of hydrogen-bond donors (Lipinski definition) is 0. The van der Waals surface area contributed by atoms with Gasteiger partial charge in [0.05, 0.1) is 0 Å². The minimum absolute atomic E-state index is 0.102. The first kappa shape index (κ1) is 68.6. The van der Waals surface area contributed by atoms with Gasteiger partial charge in [-0.05, 0) is 83.5 Å². The molecule has 0 spiro atoms. The standard InChI is InChI=1S/C66H114O6/c1-4-7-10-13-16-19-22-25-28-31-33-35-38-41-44-47-50-53-56-59-65(68)71-62-63(61-70-64(67)58-55-52-49-46-43-40-37-30-27-24-21-18-15-12-9-6-3)72-66(69)60-57-54-51-48-45-42-39-36-34-32-29-26-23-20-17-14-11-8-5-2/h7,10,16,19,25,28,30,33,35,37,41,44,50,53,63H,4-6,8-9,11-15,17-18,20-24,26-27,29,31-32,34,36,38-40,42-43,45-49,51-52,54-62H2,1-3H3/b10-7-,19-16-,28-25-,35-33-,37-30-,44-41-,53-50-. The Morgan fingerprint density at radius 2 is 0.569 bits per heavy atom. The van der Waals surface area contributed by atoms with Crippen molar-refractivity contribution in [1.29, 1.82) is 0 Å². The Kier molecular flexibility index (Phi) is 57.3. The Hall–Kier alpha value is -3.41. The van der Waals surface area contributed by atoms with Crippen molar-refractivity contribution in [3.63, 3.8) is 0 Å². The van der Waals surface area contributed by atoms with Crippen LogP contribution in [0.1, 0.15) is 297 Å². The van der Waals surface area contributed by atoms with E-state index in [-0.39, 0.29) is 37.5 Å². The van der Waals surface area contributed by atoms with Crippen LogP contribution in [0.25, 0.3) is 0 Å². The zero-order valence-electron chi connectivity index (χ0n) is 47.4. The summed E-state index contributed by atoms with van der Waals surface area (Å²) < 4.78 is 16.8. The SMILES string of the molecule is CC/C=C\C/C=C\C/C=C\C/C=C\C/C=C\C/C=C\CCC(=O)OCC(COC(=O)CCCCCCC/C=C\CCCCCCCCC)OC(=O)CCCCCCCCCCCCCCCCCCCCC. The minimum atomic E-state index is -0.810. The van der Waals surface area contributed by atoms with Crippen molar-refractivity contribution in [1.82, 2.24) is 0 Å². The van der Waals surface area contributed by atoms with E-state index in [1.165, 1.54) is 167 Å². The van der Waals surface area contributed by atoms with Crippen LogP contribution < -0.4 is 0 Å². The number of unbranched alkanes of at least 4 members (excludes halogenated alkanes) is 30. The quantitative estimate of drug-likeness (QED) is 0.0261. The fraction of sp³-hybridized carbons (Fsp3) is 0.742. The van der Waals surface area contributed by atoms with Crippen molar-refractivity contribution < 1.29 is 28.6 Å². The number of carbonyl (C=O) groups is 3. The predicted octanol–water partition coefficient (Wildman–Crippen LogP) is 20.7. The molecular weight excluding hydrogens is 889 g/mol. The van der Waals surface area contributed by atoms with E-state index in [0.29, 0.717) is 19.3 Å². The first-order chi connectivity index (χ1) is 35.5. The molecule has 414 valence electrons.